The maximum atomic E-state index is 12.0. The molecule has 0 unspecified atom stereocenters. The monoisotopic (exact) mass is 319 g/mol. The topological polar surface area (TPSA) is 38.3 Å². The molecule has 0 radical (unpaired) electrons. The first kappa shape index (κ1) is 19.7. The lowest BCUT2D eigenvalue weighted by Gasteiger charge is -2.22. The molecule has 0 spiro atoms. The molecule has 1 amide bonds. The van der Waals surface area contributed by atoms with Gasteiger partial charge in [-0.3, -0.25) is 4.79 Å². The second-order valence-electron chi connectivity index (χ2n) is 7.27. The third-order valence-electron chi connectivity index (χ3n) is 3.73. The molecular formula is C20H33NO2. The third kappa shape index (κ3) is 8.17. The van der Waals surface area contributed by atoms with Gasteiger partial charge in [0.25, 0.3) is 5.91 Å². The molecule has 3 heteroatoms. The van der Waals surface area contributed by atoms with Crippen LogP contribution in [0.5, 0.6) is 0 Å². The van der Waals surface area contributed by atoms with E-state index in [4.69, 9.17) is 4.74 Å². The number of ether oxygens (including phenoxy) is 1. The van der Waals surface area contributed by atoms with Crippen LogP contribution in [0.3, 0.4) is 0 Å². The second kappa shape index (κ2) is 10.4. The van der Waals surface area contributed by atoms with Crippen molar-refractivity contribution in [1.82, 2.24) is 5.32 Å². The van der Waals surface area contributed by atoms with E-state index in [0.29, 0.717) is 11.8 Å². The van der Waals surface area contributed by atoms with Crippen LogP contribution in [0.4, 0.5) is 0 Å². The van der Waals surface area contributed by atoms with E-state index in [-0.39, 0.29) is 5.91 Å². The predicted molar refractivity (Wildman–Crippen MR) is 96.9 cm³/mol. The number of benzene rings is 1. The summed E-state index contributed by atoms with van der Waals surface area (Å²) >= 11 is 0. The highest BCUT2D eigenvalue weighted by Crippen LogP contribution is 2.16. The van der Waals surface area contributed by atoms with Crippen molar-refractivity contribution in [3.05, 3.63) is 35.4 Å². The maximum absolute atomic E-state index is 12.0. The standard InChI is InChI=1S/C16H23NO2.C4H10/c1-12(2)14-3-5-15(6-4-14)16(18)17-11-13-7-9-19-10-8-13;1-4(2)3/h3-6,12-13H,7-11H2,1-2H3,(H,17,18);4H,1-3H3. The van der Waals surface area contributed by atoms with Gasteiger partial charge in [-0.25, -0.2) is 0 Å². The van der Waals surface area contributed by atoms with Crippen LogP contribution in [0.1, 0.15) is 69.3 Å². The van der Waals surface area contributed by atoms with Crippen LogP contribution in [0.2, 0.25) is 0 Å². The van der Waals surface area contributed by atoms with Gasteiger partial charge in [0.15, 0.2) is 0 Å². The van der Waals surface area contributed by atoms with Crippen LogP contribution in [-0.4, -0.2) is 25.7 Å². The SMILES string of the molecule is CC(C)C.CC(C)c1ccc(C(=O)NCC2CCOCC2)cc1. The van der Waals surface area contributed by atoms with Crippen molar-refractivity contribution in [3.63, 3.8) is 0 Å². The Labute approximate surface area is 141 Å². The van der Waals surface area contributed by atoms with Crippen molar-refractivity contribution < 1.29 is 9.53 Å². The number of amides is 1. The van der Waals surface area contributed by atoms with Crippen LogP contribution in [0.25, 0.3) is 0 Å². The number of carbonyl (C=O) groups is 1. The first-order chi connectivity index (χ1) is 10.9. The van der Waals surface area contributed by atoms with Crippen molar-refractivity contribution in [2.75, 3.05) is 19.8 Å². The molecule has 1 aromatic rings. The van der Waals surface area contributed by atoms with Gasteiger partial charge in [0, 0.05) is 25.3 Å². The fourth-order valence-electron chi connectivity index (χ4n) is 2.31. The van der Waals surface area contributed by atoms with E-state index in [1.165, 1.54) is 5.56 Å². The summed E-state index contributed by atoms with van der Waals surface area (Å²) in [7, 11) is 0. The molecule has 0 bridgehead atoms. The van der Waals surface area contributed by atoms with Crippen molar-refractivity contribution in [3.8, 4) is 0 Å². The molecule has 3 nitrogen and oxygen atoms in total. The number of nitrogens with one attached hydrogen (secondary N) is 1. The summed E-state index contributed by atoms with van der Waals surface area (Å²) < 4.78 is 5.31. The van der Waals surface area contributed by atoms with Gasteiger partial charge < -0.3 is 10.1 Å². The molecule has 1 fully saturated rings. The number of carbonyl (C=O) groups excluding carboxylic acids is 1. The van der Waals surface area contributed by atoms with E-state index >= 15 is 0 Å². The molecule has 130 valence electrons. The maximum Gasteiger partial charge on any atom is 0.251 e. The van der Waals surface area contributed by atoms with Gasteiger partial charge >= 0.3 is 0 Å². The predicted octanol–water partition coefficient (Wildman–Crippen LogP) is 4.63. The van der Waals surface area contributed by atoms with Crippen molar-refractivity contribution >= 4 is 5.91 Å². The van der Waals surface area contributed by atoms with Gasteiger partial charge in [0.2, 0.25) is 0 Å². The third-order valence-corrected chi connectivity index (χ3v) is 3.73. The zero-order chi connectivity index (χ0) is 17.2. The van der Waals surface area contributed by atoms with E-state index in [9.17, 15) is 4.79 Å². The second-order valence-corrected chi connectivity index (χ2v) is 7.27. The Hall–Kier alpha value is -1.35. The Morgan fingerprint density at radius 1 is 1.09 bits per heavy atom. The van der Waals surface area contributed by atoms with Crippen LogP contribution in [0.15, 0.2) is 24.3 Å². The Balaban J connectivity index is 0.000000593. The van der Waals surface area contributed by atoms with E-state index in [2.05, 4.69) is 39.9 Å². The zero-order valence-corrected chi connectivity index (χ0v) is 15.4. The van der Waals surface area contributed by atoms with Gasteiger partial charge in [0.05, 0.1) is 0 Å². The van der Waals surface area contributed by atoms with Crippen molar-refractivity contribution in [1.29, 1.82) is 0 Å². The van der Waals surface area contributed by atoms with Crippen molar-refractivity contribution in [2.24, 2.45) is 11.8 Å². The quantitative estimate of drug-likeness (QED) is 0.879. The number of rotatable bonds is 4. The summed E-state index contributed by atoms with van der Waals surface area (Å²) in [5, 5.41) is 3.02. The largest absolute Gasteiger partial charge is 0.381 e. The molecule has 1 aromatic carbocycles. The van der Waals surface area contributed by atoms with Gasteiger partial charge in [-0.05, 0) is 48.3 Å². The minimum atomic E-state index is 0.0294. The number of hydrogen-bond donors (Lipinski definition) is 1. The normalized spacial score (nSPS) is 15.3. The minimum absolute atomic E-state index is 0.0294. The Bertz CT molecular complexity index is 442. The molecule has 1 aliphatic heterocycles. The first-order valence-corrected chi connectivity index (χ1v) is 8.86. The lowest BCUT2D eigenvalue weighted by Crippen LogP contribution is -2.32. The van der Waals surface area contributed by atoms with E-state index < -0.39 is 0 Å². The molecule has 0 aromatic heterocycles. The minimum Gasteiger partial charge on any atom is -0.381 e. The Morgan fingerprint density at radius 2 is 1.61 bits per heavy atom. The van der Waals surface area contributed by atoms with E-state index in [0.717, 1.165) is 44.1 Å². The summed E-state index contributed by atoms with van der Waals surface area (Å²) in [5.74, 6) is 1.92. The lowest BCUT2D eigenvalue weighted by atomic mass is 10.00. The summed E-state index contributed by atoms with van der Waals surface area (Å²) in [4.78, 5) is 12.0. The van der Waals surface area contributed by atoms with Gasteiger partial charge in [-0.15, -0.1) is 0 Å². The molecular weight excluding hydrogens is 286 g/mol. The molecule has 1 aliphatic rings. The summed E-state index contributed by atoms with van der Waals surface area (Å²) in [6.07, 6.45) is 2.10. The van der Waals surface area contributed by atoms with Crippen LogP contribution in [-0.2, 0) is 4.74 Å². The summed E-state index contributed by atoms with van der Waals surface area (Å²) in [6.45, 7) is 13.2. The average Bonchev–Trinajstić information content (AvgIpc) is 2.53. The molecule has 0 aliphatic carbocycles. The molecule has 1 N–H and O–H groups in total. The molecule has 2 rings (SSSR count). The molecule has 1 saturated heterocycles. The zero-order valence-electron chi connectivity index (χ0n) is 15.4. The van der Waals surface area contributed by atoms with Crippen molar-refractivity contribution in [2.45, 2.75) is 53.4 Å². The van der Waals surface area contributed by atoms with Crippen LogP contribution in [0, 0.1) is 11.8 Å². The van der Waals surface area contributed by atoms with Crippen LogP contribution >= 0.6 is 0 Å². The molecule has 1 heterocycles. The highest BCUT2D eigenvalue weighted by Gasteiger charge is 2.15. The molecule has 0 saturated carbocycles. The van der Waals surface area contributed by atoms with E-state index in [1.807, 2.05) is 24.3 Å². The van der Waals surface area contributed by atoms with Gasteiger partial charge in [0.1, 0.15) is 0 Å². The highest BCUT2D eigenvalue weighted by molar-refractivity contribution is 5.94. The summed E-state index contributed by atoms with van der Waals surface area (Å²) in [6, 6.07) is 7.89. The fraction of sp³-hybridized carbons (Fsp3) is 0.650. The first-order valence-electron chi connectivity index (χ1n) is 8.86. The Morgan fingerprint density at radius 3 is 2.09 bits per heavy atom. The molecule has 23 heavy (non-hydrogen) atoms. The smallest absolute Gasteiger partial charge is 0.251 e. The average molecular weight is 319 g/mol. The van der Waals surface area contributed by atoms with E-state index in [1.54, 1.807) is 0 Å². The van der Waals surface area contributed by atoms with Crippen LogP contribution < -0.4 is 5.32 Å². The summed E-state index contributed by atoms with van der Waals surface area (Å²) in [5.41, 5.74) is 2.01. The molecule has 0 atom stereocenters. The fourth-order valence-corrected chi connectivity index (χ4v) is 2.31. The number of hydrogen-bond acceptors (Lipinski definition) is 2. The van der Waals surface area contributed by atoms with Gasteiger partial charge in [-0.2, -0.15) is 0 Å². The Kier molecular flexibility index (Phi) is 8.93. The highest BCUT2D eigenvalue weighted by atomic mass is 16.5. The lowest BCUT2D eigenvalue weighted by molar-refractivity contribution is 0.0642. The van der Waals surface area contributed by atoms with Gasteiger partial charge in [-0.1, -0.05) is 46.8 Å².